The molecule has 156 valence electrons. The summed E-state index contributed by atoms with van der Waals surface area (Å²) in [5, 5.41) is 3.06. The average Bonchev–Trinajstić information content (AvgIpc) is 2.79. The van der Waals surface area contributed by atoms with Crippen LogP contribution in [0.25, 0.3) is 0 Å². The van der Waals surface area contributed by atoms with Gasteiger partial charge in [-0.05, 0) is 42.0 Å². The van der Waals surface area contributed by atoms with Crippen LogP contribution in [0.3, 0.4) is 0 Å². The van der Waals surface area contributed by atoms with E-state index >= 15 is 0 Å². The highest BCUT2D eigenvalue weighted by Crippen LogP contribution is 2.32. The predicted molar refractivity (Wildman–Crippen MR) is 110 cm³/mol. The Balaban J connectivity index is 1.77. The largest absolute Gasteiger partial charge is 0.497 e. The first-order chi connectivity index (χ1) is 14.2. The van der Waals surface area contributed by atoms with Gasteiger partial charge in [-0.2, -0.15) is 0 Å². The highest BCUT2D eigenvalue weighted by molar-refractivity contribution is 5.94. The van der Waals surface area contributed by atoms with Gasteiger partial charge in [-0.15, -0.1) is 0 Å². The Morgan fingerprint density at radius 1 is 1.00 bits per heavy atom. The number of hydrogen-bond donors (Lipinski definition) is 1. The third-order valence-electron chi connectivity index (χ3n) is 5.09. The third kappa shape index (κ3) is 5.19. The first kappa shape index (κ1) is 21.0. The van der Waals surface area contributed by atoms with Crippen LogP contribution in [0.4, 0.5) is 0 Å². The van der Waals surface area contributed by atoms with Gasteiger partial charge in [-0.1, -0.05) is 6.07 Å². The standard InChI is InChI=1S/C22H28N2O5/c1-26-18-7-4-16(5-8-18)22(25)23-15-19(24-10-12-29-13-11-24)17-6-9-20(27-2)21(14-17)28-3/h4-9,14,19H,10-13,15H2,1-3H3,(H,23,25)/t19-/m0/s1. The SMILES string of the molecule is COc1ccc(C(=O)NC[C@@H](c2ccc(OC)c(OC)c2)N2CCOCC2)cc1. The molecule has 7 nitrogen and oxygen atoms in total. The molecule has 1 aliphatic heterocycles. The van der Waals surface area contributed by atoms with Gasteiger partial charge in [0, 0.05) is 25.2 Å². The van der Waals surface area contributed by atoms with Crippen molar-refractivity contribution in [3.63, 3.8) is 0 Å². The Morgan fingerprint density at radius 2 is 1.69 bits per heavy atom. The molecule has 1 heterocycles. The molecule has 1 amide bonds. The number of ether oxygens (including phenoxy) is 4. The molecule has 1 N–H and O–H groups in total. The summed E-state index contributed by atoms with van der Waals surface area (Å²) in [4.78, 5) is 15.0. The lowest BCUT2D eigenvalue weighted by molar-refractivity contribution is 0.0162. The summed E-state index contributed by atoms with van der Waals surface area (Å²) in [5.74, 6) is 1.95. The summed E-state index contributed by atoms with van der Waals surface area (Å²) in [6.45, 7) is 3.43. The molecular weight excluding hydrogens is 372 g/mol. The van der Waals surface area contributed by atoms with Crippen LogP contribution in [0, 0.1) is 0 Å². The van der Waals surface area contributed by atoms with Crippen LogP contribution in [0.1, 0.15) is 22.0 Å². The lowest BCUT2D eigenvalue weighted by Crippen LogP contribution is -2.43. The maximum Gasteiger partial charge on any atom is 0.251 e. The van der Waals surface area contributed by atoms with Crippen LogP contribution >= 0.6 is 0 Å². The fourth-order valence-corrected chi connectivity index (χ4v) is 3.44. The lowest BCUT2D eigenvalue weighted by atomic mass is 10.0. The van der Waals surface area contributed by atoms with Crippen LogP contribution in [-0.2, 0) is 4.74 Å². The smallest absolute Gasteiger partial charge is 0.251 e. The monoisotopic (exact) mass is 400 g/mol. The Labute approximate surface area is 171 Å². The fraction of sp³-hybridized carbons (Fsp3) is 0.409. The van der Waals surface area contributed by atoms with Gasteiger partial charge in [0.25, 0.3) is 5.91 Å². The van der Waals surface area contributed by atoms with Crippen LogP contribution in [0.15, 0.2) is 42.5 Å². The summed E-state index contributed by atoms with van der Waals surface area (Å²) in [6, 6.07) is 13.0. The van der Waals surface area contributed by atoms with Gasteiger partial charge in [0.1, 0.15) is 5.75 Å². The van der Waals surface area contributed by atoms with Crippen molar-refractivity contribution in [3.05, 3.63) is 53.6 Å². The van der Waals surface area contributed by atoms with E-state index in [1.54, 1.807) is 45.6 Å². The molecule has 0 saturated carbocycles. The Morgan fingerprint density at radius 3 is 2.31 bits per heavy atom. The number of carbonyl (C=O) groups is 1. The number of morpholine rings is 1. The second-order valence-electron chi connectivity index (χ2n) is 6.72. The summed E-state index contributed by atoms with van der Waals surface area (Å²) in [7, 11) is 4.84. The zero-order valence-electron chi connectivity index (χ0n) is 17.1. The molecule has 2 aromatic carbocycles. The van der Waals surface area contributed by atoms with E-state index in [1.807, 2.05) is 18.2 Å². The molecule has 0 aliphatic carbocycles. The van der Waals surface area contributed by atoms with Crippen molar-refractivity contribution < 1.29 is 23.7 Å². The third-order valence-corrected chi connectivity index (χ3v) is 5.09. The topological polar surface area (TPSA) is 69.3 Å². The van der Waals surface area contributed by atoms with Gasteiger partial charge < -0.3 is 24.3 Å². The minimum atomic E-state index is -0.119. The molecule has 0 bridgehead atoms. The highest BCUT2D eigenvalue weighted by Gasteiger charge is 2.24. The van der Waals surface area contributed by atoms with E-state index in [0.29, 0.717) is 36.8 Å². The van der Waals surface area contributed by atoms with Gasteiger partial charge in [0.15, 0.2) is 11.5 Å². The van der Waals surface area contributed by atoms with Crippen LogP contribution in [-0.4, -0.2) is 65.0 Å². The van der Waals surface area contributed by atoms with E-state index in [1.165, 1.54) is 0 Å². The maximum atomic E-state index is 12.6. The number of carbonyl (C=O) groups excluding carboxylic acids is 1. The van der Waals surface area contributed by atoms with Crippen LogP contribution < -0.4 is 19.5 Å². The number of nitrogens with one attached hydrogen (secondary N) is 1. The number of methoxy groups -OCH3 is 3. The van der Waals surface area contributed by atoms with E-state index in [-0.39, 0.29) is 11.9 Å². The van der Waals surface area contributed by atoms with Gasteiger partial charge in [0.2, 0.25) is 0 Å². The van der Waals surface area contributed by atoms with Gasteiger partial charge >= 0.3 is 0 Å². The summed E-state index contributed by atoms with van der Waals surface area (Å²) in [6.07, 6.45) is 0. The second kappa shape index (κ2) is 10.1. The van der Waals surface area contributed by atoms with Crippen molar-refractivity contribution in [1.82, 2.24) is 10.2 Å². The Hall–Kier alpha value is -2.77. The van der Waals surface area contributed by atoms with Crippen molar-refractivity contribution >= 4 is 5.91 Å². The molecule has 1 saturated heterocycles. The van der Waals surface area contributed by atoms with E-state index < -0.39 is 0 Å². The summed E-state index contributed by atoms with van der Waals surface area (Å²) in [5.41, 5.74) is 1.65. The zero-order valence-corrected chi connectivity index (χ0v) is 17.1. The predicted octanol–water partition coefficient (Wildman–Crippen LogP) is 2.52. The van der Waals surface area contributed by atoms with Crippen molar-refractivity contribution in [3.8, 4) is 17.2 Å². The summed E-state index contributed by atoms with van der Waals surface area (Å²) >= 11 is 0. The van der Waals surface area contributed by atoms with Crippen LogP contribution in [0.5, 0.6) is 17.2 Å². The van der Waals surface area contributed by atoms with Gasteiger partial charge in [-0.3, -0.25) is 9.69 Å². The zero-order chi connectivity index (χ0) is 20.6. The molecule has 7 heteroatoms. The van der Waals surface area contributed by atoms with Crippen molar-refractivity contribution in [1.29, 1.82) is 0 Å². The molecule has 1 fully saturated rings. The van der Waals surface area contributed by atoms with Crippen molar-refractivity contribution in [2.45, 2.75) is 6.04 Å². The molecule has 0 unspecified atom stereocenters. The minimum Gasteiger partial charge on any atom is -0.497 e. The van der Waals surface area contributed by atoms with Crippen molar-refractivity contribution in [2.24, 2.45) is 0 Å². The van der Waals surface area contributed by atoms with E-state index in [2.05, 4.69) is 10.2 Å². The highest BCUT2D eigenvalue weighted by atomic mass is 16.5. The molecule has 0 spiro atoms. The fourth-order valence-electron chi connectivity index (χ4n) is 3.44. The molecule has 3 rings (SSSR count). The Kier molecular flexibility index (Phi) is 7.32. The van der Waals surface area contributed by atoms with E-state index in [0.717, 1.165) is 24.4 Å². The molecule has 2 aromatic rings. The number of nitrogens with zero attached hydrogens (tertiary/aromatic N) is 1. The number of hydrogen-bond acceptors (Lipinski definition) is 6. The van der Waals surface area contributed by atoms with Gasteiger partial charge in [-0.25, -0.2) is 0 Å². The van der Waals surface area contributed by atoms with Crippen molar-refractivity contribution in [2.75, 3.05) is 54.2 Å². The lowest BCUT2D eigenvalue weighted by Gasteiger charge is -2.35. The Bertz CT molecular complexity index is 803. The van der Waals surface area contributed by atoms with E-state index in [4.69, 9.17) is 18.9 Å². The minimum absolute atomic E-state index is 0.000837. The molecule has 1 aliphatic rings. The van der Waals surface area contributed by atoms with Gasteiger partial charge in [0.05, 0.1) is 40.6 Å². The molecule has 29 heavy (non-hydrogen) atoms. The normalized spacial score (nSPS) is 15.4. The maximum absolute atomic E-state index is 12.6. The first-order valence-electron chi connectivity index (χ1n) is 9.62. The number of rotatable bonds is 8. The van der Waals surface area contributed by atoms with Crippen LogP contribution in [0.2, 0.25) is 0 Å². The quantitative estimate of drug-likeness (QED) is 0.734. The molecule has 0 aromatic heterocycles. The average molecular weight is 400 g/mol. The molecular formula is C22H28N2O5. The summed E-state index contributed by atoms with van der Waals surface area (Å²) < 4.78 is 21.5. The number of amides is 1. The molecule has 0 radical (unpaired) electrons. The van der Waals surface area contributed by atoms with E-state index in [9.17, 15) is 4.79 Å². The molecule has 1 atom stereocenters. The second-order valence-corrected chi connectivity index (χ2v) is 6.72. The first-order valence-corrected chi connectivity index (χ1v) is 9.62. The number of benzene rings is 2.